The van der Waals surface area contributed by atoms with Crippen LogP contribution in [0.25, 0.3) is 83.6 Å². The zero-order valence-corrected chi connectivity index (χ0v) is 28.2. The minimum Gasteiger partial charge on any atom is -0.453 e. The molecule has 0 fully saturated rings. The van der Waals surface area contributed by atoms with E-state index in [1.807, 2.05) is 60.7 Å². The SMILES string of the molecule is Bc1c(B)c(B)c(-n2c3ccccc3c3ccc4c5cccc(-c6nc(-c7ccccc7)nc(-c7ccccc7)n6)c5oc4c32)c(B)c1B. The van der Waals surface area contributed by atoms with Gasteiger partial charge in [0.1, 0.15) is 44.8 Å². The smallest absolute Gasteiger partial charge is 0.167 e. The van der Waals surface area contributed by atoms with Gasteiger partial charge >= 0.3 is 0 Å². The van der Waals surface area contributed by atoms with Crippen LogP contribution in [-0.2, 0) is 0 Å². The fraction of sp³-hybridized carbons (Fsp3) is 0. The number of furan rings is 1. The molecule has 0 atom stereocenters. The third kappa shape index (κ3) is 4.43. The molecule has 0 saturated heterocycles. The van der Waals surface area contributed by atoms with Crippen molar-refractivity contribution in [3.05, 3.63) is 115 Å². The van der Waals surface area contributed by atoms with E-state index < -0.39 is 0 Å². The monoisotopic (exact) mass is 624 g/mol. The first kappa shape index (κ1) is 29.4. The summed E-state index contributed by atoms with van der Waals surface area (Å²) in [5, 5.41) is 4.45. The molecule has 0 amide bonds. The molecule has 49 heavy (non-hydrogen) atoms. The zero-order valence-electron chi connectivity index (χ0n) is 28.2. The highest BCUT2D eigenvalue weighted by Gasteiger charge is 2.24. The Balaban J connectivity index is 1.38. The molecule has 3 heterocycles. The fourth-order valence-corrected chi connectivity index (χ4v) is 7.46. The van der Waals surface area contributed by atoms with E-state index in [0.717, 1.165) is 55.0 Å². The van der Waals surface area contributed by atoms with Crippen LogP contribution >= 0.6 is 0 Å². The van der Waals surface area contributed by atoms with Gasteiger partial charge < -0.3 is 8.98 Å². The Labute approximate surface area is 288 Å². The van der Waals surface area contributed by atoms with Crippen LogP contribution in [0.1, 0.15) is 0 Å². The van der Waals surface area contributed by atoms with Gasteiger partial charge in [-0.1, -0.05) is 119 Å². The number of hydrogen-bond donors (Lipinski definition) is 0. The summed E-state index contributed by atoms with van der Waals surface area (Å²) < 4.78 is 9.51. The molecular weight excluding hydrogens is 595 g/mol. The number of aromatic nitrogens is 4. The third-order valence-corrected chi connectivity index (χ3v) is 10.4. The van der Waals surface area contributed by atoms with Crippen molar-refractivity contribution in [2.45, 2.75) is 0 Å². The van der Waals surface area contributed by atoms with Crippen molar-refractivity contribution >= 4 is 110 Å². The van der Waals surface area contributed by atoms with E-state index in [0.29, 0.717) is 17.5 Å². The maximum Gasteiger partial charge on any atom is 0.167 e. The highest BCUT2D eigenvalue weighted by Crippen LogP contribution is 2.42. The predicted molar refractivity (Wildman–Crippen MR) is 219 cm³/mol. The summed E-state index contributed by atoms with van der Waals surface area (Å²) in [5.74, 6) is 1.82. The lowest BCUT2D eigenvalue weighted by Crippen LogP contribution is -2.56. The van der Waals surface area contributed by atoms with E-state index in [4.69, 9.17) is 19.4 Å². The number of nitrogens with zero attached hydrogens (tertiary/aromatic N) is 4. The van der Waals surface area contributed by atoms with Crippen molar-refractivity contribution in [2.24, 2.45) is 0 Å². The van der Waals surface area contributed by atoms with Crippen molar-refractivity contribution in [1.29, 1.82) is 0 Å². The quantitative estimate of drug-likeness (QED) is 0.277. The first-order valence-electron chi connectivity index (χ1n) is 16.7. The Morgan fingerprint density at radius 2 is 0.939 bits per heavy atom. The summed E-state index contributed by atoms with van der Waals surface area (Å²) in [7, 11) is 11.2. The molecule has 6 aromatic carbocycles. The van der Waals surface area contributed by atoms with E-state index >= 15 is 0 Å². The first-order chi connectivity index (χ1) is 23.9. The van der Waals surface area contributed by atoms with Gasteiger partial charge in [0.15, 0.2) is 23.1 Å². The number of benzene rings is 6. The molecular formula is C39H29B5N4O. The number of hydrogen-bond acceptors (Lipinski definition) is 4. The van der Waals surface area contributed by atoms with Gasteiger partial charge in [0.05, 0.1) is 16.6 Å². The maximum atomic E-state index is 7.08. The average molecular weight is 624 g/mol. The minimum absolute atomic E-state index is 0.575. The Morgan fingerprint density at radius 3 is 1.59 bits per heavy atom. The van der Waals surface area contributed by atoms with Crippen LogP contribution in [0.3, 0.4) is 0 Å². The number of fused-ring (bicyclic) bond motifs is 7. The van der Waals surface area contributed by atoms with Crippen LogP contribution in [0.2, 0.25) is 0 Å². The van der Waals surface area contributed by atoms with E-state index in [-0.39, 0.29) is 0 Å². The molecule has 0 aliphatic heterocycles. The fourth-order valence-electron chi connectivity index (χ4n) is 7.46. The molecule has 0 N–H and O–H groups in total. The van der Waals surface area contributed by atoms with Crippen LogP contribution in [0.5, 0.6) is 0 Å². The Bertz CT molecular complexity index is 2690. The second-order valence-corrected chi connectivity index (χ2v) is 13.0. The summed E-state index contributed by atoms with van der Waals surface area (Å²) in [6.07, 6.45) is 0. The molecule has 5 nitrogen and oxygen atoms in total. The molecule has 9 rings (SSSR count). The van der Waals surface area contributed by atoms with Crippen LogP contribution in [0, 0.1) is 0 Å². The van der Waals surface area contributed by atoms with Crippen molar-refractivity contribution < 1.29 is 4.42 Å². The molecule has 0 unspecified atom stereocenters. The van der Waals surface area contributed by atoms with E-state index in [9.17, 15) is 0 Å². The molecule has 0 aliphatic rings. The zero-order chi connectivity index (χ0) is 33.4. The molecule has 9 aromatic rings. The van der Waals surface area contributed by atoms with Crippen LogP contribution in [0.4, 0.5) is 0 Å². The Morgan fingerprint density at radius 1 is 0.429 bits per heavy atom. The lowest BCUT2D eigenvalue weighted by molar-refractivity contribution is 0.671. The Kier molecular flexibility index (Phi) is 6.70. The van der Waals surface area contributed by atoms with E-state index in [1.165, 1.54) is 38.4 Å². The van der Waals surface area contributed by atoms with Gasteiger partial charge in [0.2, 0.25) is 0 Å². The van der Waals surface area contributed by atoms with Gasteiger partial charge in [0.25, 0.3) is 0 Å². The summed E-state index contributed by atoms with van der Waals surface area (Å²) in [4.78, 5) is 15.0. The van der Waals surface area contributed by atoms with E-state index in [1.54, 1.807) is 0 Å². The molecule has 0 bridgehead atoms. The lowest BCUT2D eigenvalue weighted by Gasteiger charge is -2.22. The minimum atomic E-state index is 0.575. The van der Waals surface area contributed by atoms with Crippen molar-refractivity contribution in [3.63, 3.8) is 0 Å². The topological polar surface area (TPSA) is 56.7 Å². The Hall–Kier alpha value is -5.75. The molecule has 10 heteroatoms. The third-order valence-electron chi connectivity index (χ3n) is 10.4. The highest BCUT2D eigenvalue weighted by atomic mass is 16.3. The standard InChI is InChI=1S/C39H29B5N4O/c40-28-29(41)31(43)34(32(44)30(28)42)48-27-17-8-7-14-22(27)23-18-19-25-24-15-9-16-26(35(24)49-36(25)33(23)48)39-46-37(20-10-3-1-4-11-20)45-38(47-39)21-12-5-2-6-13-21/h1-19H,40-44H2. The van der Waals surface area contributed by atoms with Gasteiger partial charge in [0, 0.05) is 38.4 Å². The van der Waals surface area contributed by atoms with Crippen LogP contribution in [0.15, 0.2) is 120 Å². The van der Waals surface area contributed by atoms with Gasteiger partial charge in [-0.05, 0) is 18.2 Å². The van der Waals surface area contributed by atoms with Gasteiger partial charge in [-0.3, -0.25) is 0 Å². The van der Waals surface area contributed by atoms with Gasteiger partial charge in [-0.15, -0.1) is 5.46 Å². The lowest BCUT2D eigenvalue weighted by atomic mass is 9.61. The molecule has 226 valence electrons. The van der Waals surface area contributed by atoms with E-state index in [2.05, 4.69) is 98.4 Å². The van der Waals surface area contributed by atoms with Crippen molar-refractivity contribution in [1.82, 2.24) is 19.5 Å². The van der Waals surface area contributed by atoms with Gasteiger partial charge in [-0.25, -0.2) is 15.0 Å². The normalized spacial score (nSPS) is 11.7. The second-order valence-electron chi connectivity index (χ2n) is 13.0. The number of para-hydroxylation sites is 2. The van der Waals surface area contributed by atoms with Crippen molar-refractivity contribution in [2.75, 3.05) is 0 Å². The molecule has 0 saturated carbocycles. The number of rotatable bonds is 4. The molecule has 3 aromatic heterocycles. The maximum absolute atomic E-state index is 7.08. The van der Waals surface area contributed by atoms with Gasteiger partial charge in [-0.2, -0.15) is 0 Å². The molecule has 0 aliphatic carbocycles. The second kappa shape index (κ2) is 11.2. The molecule has 0 spiro atoms. The highest BCUT2D eigenvalue weighted by molar-refractivity contribution is 6.68. The summed E-state index contributed by atoms with van der Waals surface area (Å²) in [6, 6.07) is 39.5. The first-order valence-corrected chi connectivity index (χ1v) is 16.7. The van der Waals surface area contributed by atoms with Crippen LogP contribution < -0.4 is 27.3 Å². The molecule has 0 radical (unpaired) electrons. The predicted octanol–water partition coefficient (Wildman–Crippen LogP) is 1.16. The van der Waals surface area contributed by atoms with Crippen molar-refractivity contribution in [3.8, 4) is 39.9 Å². The average Bonchev–Trinajstić information content (AvgIpc) is 3.70. The summed E-state index contributed by atoms with van der Waals surface area (Å²) in [6.45, 7) is 0. The summed E-state index contributed by atoms with van der Waals surface area (Å²) in [5.41, 5.74) is 14.3. The summed E-state index contributed by atoms with van der Waals surface area (Å²) >= 11 is 0. The largest absolute Gasteiger partial charge is 0.453 e. The van der Waals surface area contributed by atoms with Crippen LogP contribution in [-0.4, -0.2) is 58.8 Å².